The Kier molecular flexibility index (Phi) is 5.93. The maximum Gasteiger partial charge on any atom is 0.387 e. The Hall–Kier alpha value is -1.69. The molecular formula is C17H24F2N2O2. The van der Waals surface area contributed by atoms with Crippen molar-refractivity contribution in [3.05, 3.63) is 29.8 Å². The summed E-state index contributed by atoms with van der Waals surface area (Å²) in [7, 11) is 3.73. The molecule has 0 spiro atoms. The zero-order valence-electron chi connectivity index (χ0n) is 13.8. The van der Waals surface area contributed by atoms with Gasteiger partial charge in [0.2, 0.25) is 5.91 Å². The van der Waals surface area contributed by atoms with Crippen LogP contribution in [0.5, 0.6) is 5.75 Å². The highest BCUT2D eigenvalue weighted by atomic mass is 19.3. The molecule has 1 unspecified atom stereocenters. The summed E-state index contributed by atoms with van der Waals surface area (Å²) in [5.74, 6) is 0.893. The fourth-order valence-corrected chi connectivity index (χ4v) is 2.55. The fourth-order valence-electron chi connectivity index (χ4n) is 2.55. The van der Waals surface area contributed by atoms with Crippen molar-refractivity contribution in [1.29, 1.82) is 0 Å². The van der Waals surface area contributed by atoms with Gasteiger partial charge in [0, 0.05) is 19.6 Å². The number of hydrogen-bond donors (Lipinski definition) is 0. The van der Waals surface area contributed by atoms with Crippen molar-refractivity contribution in [2.75, 3.05) is 20.6 Å². The van der Waals surface area contributed by atoms with Crippen molar-refractivity contribution < 1.29 is 18.3 Å². The summed E-state index contributed by atoms with van der Waals surface area (Å²) in [6.45, 7) is 0.168. The fraction of sp³-hybridized carbons (Fsp3) is 0.588. The second kappa shape index (κ2) is 7.73. The topological polar surface area (TPSA) is 32.8 Å². The number of carbonyl (C=O) groups excluding carboxylic acids is 1. The van der Waals surface area contributed by atoms with E-state index in [4.69, 9.17) is 0 Å². The standard InChI is InChI=1S/C17H24F2N2O2/c1-12(14-6-7-14)20(2)11-16(22)21(3)10-13-4-8-15(9-5-13)23-17(18)19/h4-5,8-9,12,14,17H,6-7,10-11H2,1-3H3. The van der Waals surface area contributed by atoms with Gasteiger partial charge in [-0.3, -0.25) is 9.69 Å². The molecule has 0 bridgehead atoms. The van der Waals surface area contributed by atoms with Crippen LogP contribution in [0, 0.1) is 5.92 Å². The van der Waals surface area contributed by atoms with Crippen LogP contribution < -0.4 is 4.74 Å². The third kappa shape index (κ3) is 5.46. The minimum atomic E-state index is -2.82. The summed E-state index contributed by atoms with van der Waals surface area (Å²) in [5, 5.41) is 0. The number of nitrogens with zero attached hydrogens (tertiary/aromatic N) is 2. The van der Waals surface area contributed by atoms with Gasteiger partial charge >= 0.3 is 6.61 Å². The van der Waals surface area contributed by atoms with E-state index in [-0.39, 0.29) is 11.7 Å². The lowest BCUT2D eigenvalue weighted by atomic mass is 10.2. The summed E-state index contributed by atoms with van der Waals surface area (Å²) < 4.78 is 28.5. The van der Waals surface area contributed by atoms with Crippen LogP contribution in [0.1, 0.15) is 25.3 Å². The molecule has 1 aromatic rings. The first kappa shape index (κ1) is 17.7. The monoisotopic (exact) mass is 326 g/mol. The third-order valence-corrected chi connectivity index (χ3v) is 4.38. The van der Waals surface area contributed by atoms with Crippen LogP contribution in [0.25, 0.3) is 0 Å². The lowest BCUT2D eigenvalue weighted by molar-refractivity contribution is -0.131. The minimum absolute atomic E-state index is 0.0490. The maximum atomic E-state index is 12.3. The molecule has 1 aliphatic rings. The highest BCUT2D eigenvalue weighted by molar-refractivity contribution is 5.78. The molecule has 1 aliphatic carbocycles. The molecule has 0 N–H and O–H groups in total. The number of likely N-dealkylation sites (N-methyl/N-ethyl adjacent to an activating group) is 2. The van der Waals surface area contributed by atoms with Gasteiger partial charge < -0.3 is 9.64 Å². The van der Waals surface area contributed by atoms with Crippen LogP contribution >= 0.6 is 0 Å². The van der Waals surface area contributed by atoms with Gasteiger partial charge in [-0.05, 0) is 50.4 Å². The number of alkyl halides is 2. The highest BCUT2D eigenvalue weighted by Gasteiger charge is 2.31. The van der Waals surface area contributed by atoms with E-state index >= 15 is 0 Å². The molecule has 0 radical (unpaired) electrons. The Morgan fingerprint density at radius 3 is 2.39 bits per heavy atom. The largest absolute Gasteiger partial charge is 0.435 e. The van der Waals surface area contributed by atoms with E-state index in [2.05, 4.69) is 16.6 Å². The molecular weight excluding hydrogens is 302 g/mol. The van der Waals surface area contributed by atoms with Gasteiger partial charge in [0.05, 0.1) is 6.54 Å². The molecule has 4 nitrogen and oxygen atoms in total. The Morgan fingerprint density at radius 2 is 1.87 bits per heavy atom. The van der Waals surface area contributed by atoms with Crippen molar-refractivity contribution in [3.63, 3.8) is 0 Å². The first-order valence-electron chi connectivity index (χ1n) is 7.84. The summed E-state index contributed by atoms with van der Waals surface area (Å²) in [4.78, 5) is 16.0. The summed E-state index contributed by atoms with van der Waals surface area (Å²) in [5.41, 5.74) is 0.875. The van der Waals surface area contributed by atoms with Crippen LogP contribution in [0.15, 0.2) is 24.3 Å². The van der Waals surface area contributed by atoms with Crippen LogP contribution in [-0.2, 0) is 11.3 Å². The van der Waals surface area contributed by atoms with Crippen molar-refractivity contribution in [2.45, 2.75) is 39.0 Å². The summed E-state index contributed by atoms with van der Waals surface area (Å²) in [6.07, 6.45) is 2.51. The van der Waals surface area contributed by atoms with Gasteiger partial charge in [-0.2, -0.15) is 8.78 Å². The molecule has 0 heterocycles. The number of rotatable bonds is 8. The van der Waals surface area contributed by atoms with Gasteiger partial charge in [0.25, 0.3) is 0 Å². The van der Waals surface area contributed by atoms with E-state index in [0.29, 0.717) is 19.1 Å². The zero-order chi connectivity index (χ0) is 17.0. The molecule has 1 saturated carbocycles. The molecule has 0 aromatic heterocycles. The Morgan fingerprint density at radius 1 is 1.26 bits per heavy atom. The predicted octanol–water partition coefficient (Wildman–Crippen LogP) is 2.98. The van der Waals surface area contributed by atoms with Gasteiger partial charge in [0.1, 0.15) is 5.75 Å². The lowest BCUT2D eigenvalue weighted by Gasteiger charge is -2.26. The molecule has 1 aromatic carbocycles. The first-order valence-corrected chi connectivity index (χ1v) is 7.84. The minimum Gasteiger partial charge on any atom is -0.435 e. The molecule has 2 rings (SSSR count). The van der Waals surface area contributed by atoms with Gasteiger partial charge in [-0.1, -0.05) is 12.1 Å². The van der Waals surface area contributed by atoms with Crippen molar-refractivity contribution in [1.82, 2.24) is 9.80 Å². The van der Waals surface area contributed by atoms with Crippen LogP contribution in [0.2, 0.25) is 0 Å². The molecule has 6 heteroatoms. The molecule has 128 valence electrons. The maximum absolute atomic E-state index is 12.3. The average molecular weight is 326 g/mol. The zero-order valence-corrected chi connectivity index (χ0v) is 13.8. The van der Waals surface area contributed by atoms with Gasteiger partial charge in [-0.25, -0.2) is 0 Å². The smallest absolute Gasteiger partial charge is 0.387 e. The van der Waals surface area contributed by atoms with Crippen molar-refractivity contribution >= 4 is 5.91 Å². The second-order valence-corrected chi connectivity index (χ2v) is 6.27. The number of hydrogen-bond acceptors (Lipinski definition) is 3. The Labute approximate surface area is 136 Å². The number of halogens is 2. The van der Waals surface area contributed by atoms with E-state index < -0.39 is 6.61 Å². The molecule has 1 atom stereocenters. The quantitative estimate of drug-likeness (QED) is 0.736. The van der Waals surface area contributed by atoms with E-state index in [9.17, 15) is 13.6 Å². The highest BCUT2D eigenvalue weighted by Crippen LogP contribution is 2.34. The van der Waals surface area contributed by atoms with Crippen LogP contribution in [0.4, 0.5) is 8.78 Å². The van der Waals surface area contributed by atoms with E-state index in [0.717, 1.165) is 11.5 Å². The number of amides is 1. The first-order chi connectivity index (χ1) is 10.9. The van der Waals surface area contributed by atoms with Crippen molar-refractivity contribution in [3.8, 4) is 5.75 Å². The van der Waals surface area contributed by atoms with Crippen LogP contribution in [0.3, 0.4) is 0 Å². The molecule has 1 amide bonds. The summed E-state index contributed by atoms with van der Waals surface area (Å²) >= 11 is 0. The van der Waals surface area contributed by atoms with Gasteiger partial charge in [-0.15, -0.1) is 0 Å². The van der Waals surface area contributed by atoms with E-state index in [1.165, 1.54) is 25.0 Å². The number of carbonyl (C=O) groups is 1. The SMILES string of the molecule is CC(C1CC1)N(C)CC(=O)N(C)Cc1ccc(OC(F)F)cc1. The van der Waals surface area contributed by atoms with Crippen molar-refractivity contribution in [2.24, 2.45) is 5.92 Å². The average Bonchev–Trinajstić information content (AvgIpc) is 3.32. The molecule has 0 saturated heterocycles. The Bertz CT molecular complexity index is 518. The van der Waals surface area contributed by atoms with Gasteiger partial charge in [0.15, 0.2) is 0 Å². The number of ether oxygens (including phenoxy) is 1. The third-order valence-electron chi connectivity index (χ3n) is 4.38. The Balaban J connectivity index is 1.82. The predicted molar refractivity (Wildman–Crippen MR) is 84.4 cm³/mol. The second-order valence-electron chi connectivity index (χ2n) is 6.27. The normalized spacial score (nSPS) is 15.8. The van der Waals surface area contributed by atoms with E-state index in [1.54, 1.807) is 24.1 Å². The lowest BCUT2D eigenvalue weighted by Crippen LogP contribution is -2.40. The molecule has 1 fully saturated rings. The van der Waals surface area contributed by atoms with Crippen LogP contribution in [-0.4, -0.2) is 49.0 Å². The summed E-state index contributed by atoms with van der Waals surface area (Å²) in [6, 6.07) is 6.79. The molecule has 0 aliphatic heterocycles. The molecule has 23 heavy (non-hydrogen) atoms. The number of benzene rings is 1. The van der Waals surface area contributed by atoms with E-state index in [1.807, 2.05) is 7.05 Å².